The van der Waals surface area contributed by atoms with Crippen molar-refractivity contribution in [2.45, 2.75) is 57.3 Å². The van der Waals surface area contributed by atoms with Crippen LogP contribution in [0.3, 0.4) is 0 Å². The van der Waals surface area contributed by atoms with E-state index in [9.17, 15) is 27.9 Å². The number of carbonyl (C=O) groups excluding carboxylic acids is 2. The SMILES string of the molecule is CC1CC(C)CC2(C1)NC(=O)N(CC(O)CC(F)(F)F)C2=O. The molecule has 1 saturated carbocycles. The molecule has 0 aromatic heterocycles. The van der Waals surface area contributed by atoms with Crippen molar-refractivity contribution in [3.63, 3.8) is 0 Å². The van der Waals surface area contributed by atoms with Crippen LogP contribution in [0.25, 0.3) is 0 Å². The average Bonchev–Trinajstić information content (AvgIpc) is 2.49. The van der Waals surface area contributed by atoms with E-state index < -0.39 is 42.7 Å². The van der Waals surface area contributed by atoms with Crippen LogP contribution in [0, 0.1) is 11.8 Å². The van der Waals surface area contributed by atoms with E-state index in [-0.39, 0.29) is 11.8 Å². The summed E-state index contributed by atoms with van der Waals surface area (Å²) in [6.45, 7) is 3.34. The molecule has 2 aliphatic rings. The Morgan fingerprint density at radius 3 is 2.36 bits per heavy atom. The number of hydrogen-bond acceptors (Lipinski definition) is 3. The molecule has 3 unspecified atom stereocenters. The molecule has 0 bridgehead atoms. The van der Waals surface area contributed by atoms with Crippen molar-refractivity contribution in [3.05, 3.63) is 0 Å². The number of aliphatic hydroxyl groups is 1. The van der Waals surface area contributed by atoms with E-state index >= 15 is 0 Å². The van der Waals surface area contributed by atoms with Gasteiger partial charge in [0, 0.05) is 0 Å². The number of halogens is 3. The molecular formula is C14H21F3N2O3. The Labute approximate surface area is 126 Å². The van der Waals surface area contributed by atoms with Crippen LogP contribution < -0.4 is 5.32 Å². The summed E-state index contributed by atoms with van der Waals surface area (Å²) < 4.78 is 36.8. The Kier molecular flexibility index (Phi) is 4.43. The molecule has 2 N–H and O–H groups in total. The quantitative estimate of drug-likeness (QED) is 0.781. The van der Waals surface area contributed by atoms with Crippen LogP contribution in [0.4, 0.5) is 18.0 Å². The van der Waals surface area contributed by atoms with E-state index in [2.05, 4.69) is 5.32 Å². The smallest absolute Gasteiger partial charge is 0.391 e. The van der Waals surface area contributed by atoms with Gasteiger partial charge < -0.3 is 10.4 Å². The highest BCUT2D eigenvalue weighted by atomic mass is 19.4. The number of imide groups is 1. The van der Waals surface area contributed by atoms with E-state index in [1.165, 1.54) is 0 Å². The Morgan fingerprint density at radius 1 is 1.32 bits per heavy atom. The van der Waals surface area contributed by atoms with Gasteiger partial charge in [-0.05, 0) is 31.1 Å². The first-order valence-corrected chi connectivity index (χ1v) is 7.41. The molecule has 1 aliphatic carbocycles. The first-order chi connectivity index (χ1) is 10.0. The number of alkyl halides is 3. The first kappa shape index (κ1) is 17.1. The second-order valence-corrected chi connectivity index (χ2v) is 6.76. The van der Waals surface area contributed by atoms with Crippen LogP contribution >= 0.6 is 0 Å². The van der Waals surface area contributed by atoms with E-state index in [1.807, 2.05) is 13.8 Å². The summed E-state index contributed by atoms with van der Waals surface area (Å²) in [5, 5.41) is 12.1. The number of nitrogens with zero attached hydrogens (tertiary/aromatic N) is 1. The molecule has 2 rings (SSSR count). The monoisotopic (exact) mass is 322 g/mol. The van der Waals surface area contributed by atoms with Gasteiger partial charge in [0.15, 0.2) is 0 Å². The van der Waals surface area contributed by atoms with Gasteiger partial charge in [-0.2, -0.15) is 13.2 Å². The molecule has 1 saturated heterocycles. The van der Waals surface area contributed by atoms with Crippen molar-refractivity contribution in [2.24, 2.45) is 11.8 Å². The fraction of sp³-hybridized carbons (Fsp3) is 0.857. The van der Waals surface area contributed by atoms with Crippen molar-refractivity contribution in [2.75, 3.05) is 6.54 Å². The highest BCUT2D eigenvalue weighted by Gasteiger charge is 2.54. The van der Waals surface area contributed by atoms with Gasteiger partial charge in [0.05, 0.1) is 19.1 Å². The predicted octanol–water partition coefficient (Wildman–Crippen LogP) is 2.05. The van der Waals surface area contributed by atoms with Crippen molar-refractivity contribution in [3.8, 4) is 0 Å². The molecule has 22 heavy (non-hydrogen) atoms. The third kappa shape index (κ3) is 3.53. The topological polar surface area (TPSA) is 69.6 Å². The van der Waals surface area contributed by atoms with Gasteiger partial charge in [0.1, 0.15) is 5.54 Å². The molecule has 126 valence electrons. The van der Waals surface area contributed by atoms with Gasteiger partial charge in [0.25, 0.3) is 5.91 Å². The Morgan fingerprint density at radius 2 is 1.86 bits per heavy atom. The lowest BCUT2D eigenvalue weighted by molar-refractivity contribution is -0.157. The maximum absolute atomic E-state index is 12.5. The molecule has 8 heteroatoms. The van der Waals surface area contributed by atoms with E-state index in [1.54, 1.807) is 0 Å². The van der Waals surface area contributed by atoms with Gasteiger partial charge in [-0.3, -0.25) is 9.69 Å². The fourth-order valence-corrected chi connectivity index (χ4v) is 3.79. The van der Waals surface area contributed by atoms with Crippen LogP contribution in [-0.4, -0.2) is 46.3 Å². The summed E-state index contributed by atoms with van der Waals surface area (Å²) in [6, 6.07) is -0.715. The van der Waals surface area contributed by atoms with Crippen LogP contribution in [0.15, 0.2) is 0 Å². The number of carbonyl (C=O) groups is 2. The lowest BCUT2D eigenvalue weighted by Gasteiger charge is -2.38. The number of nitrogens with one attached hydrogen (secondary N) is 1. The third-order valence-electron chi connectivity index (χ3n) is 4.30. The molecule has 2 fully saturated rings. The van der Waals surface area contributed by atoms with Crippen LogP contribution in [0.2, 0.25) is 0 Å². The summed E-state index contributed by atoms with van der Waals surface area (Å²) in [7, 11) is 0. The molecule has 5 nitrogen and oxygen atoms in total. The molecule has 0 radical (unpaired) electrons. The van der Waals surface area contributed by atoms with E-state index in [4.69, 9.17) is 0 Å². The van der Waals surface area contributed by atoms with Crippen LogP contribution in [0.1, 0.15) is 39.5 Å². The second kappa shape index (κ2) is 5.72. The van der Waals surface area contributed by atoms with Crippen LogP contribution in [0.5, 0.6) is 0 Å². The largest absolute Gasteiger partial charge is 0.391 e. The Bertz CT molecular complexity index is 457. The molecule has 3 amide bonds. The Hall–Kier alpha value is -1.31. The van der Waals surface area contributed by atoms with Gasteiger partial charge in [-0.25, -0.2) is 4.79 Å². The number of β-amino-alcohol motifs (C(OH)–C–C–N with tert-alkyl or cyclic N) is 1. The molecular weight excluding hydrogens is 301 g/mol. The van der Waals surface area contributed by atoms with Crippen LogP contribution in [-0.2, 0) is 4.79 Å². The number of amides is 3. The minimum absolute atomic E-state index is 0.244. The lowest BCUT2D eigenvalue weighted by Crippen LogP contribution is -2.52. The van der Waals surface area contributed by atoms with Crippen molar-refractivity contribution in [1.29, 1.82) is 0 Å². The minimum Gasteiger partial charge on any atom is -0.391 e. The molecule has 1 aliphatic heterocycles. The lowest BCUT2D eigenvalue weighted by atomic mass is 9.71. The molecule has 1 spiro atoms. The van der Waals surface area contributed by atoms with E-state index in [0.29, 0.717) is 12.8 Å². The zero-order valence-corrected chi connectivity index (χ0v) is 12.6. The van der Waals surface area contributed by atoms with Gasteiger partial charge in [-0.1, -0.05) is 13.8 Å². The zero-order chi connectivity index (χ0) is 16.7. The number of rotatable bonds is 3. The maximum Gasteiger partial charge on any atom is 0.391 e. The summed E-state index contributed by atoms with van der Waals surface area (Å²) in [5.41, 5.74) is -1.02. The zero-order valence-electron chi connectivity index (χ0n) is 12.6. The molecule has 1 heterocycles. The molecule has 3 atom stereocenters. The Balaban J connectivity index is 2.09. The summed E-state index contributed by atoms with van der Waals surface area (Å²) >= 11 is 0. The van der Waals surface area contributed by atoms with Crippen molar-refractivity contribution in [1.82, 2.24) is 10.2 Å². The number of hydrogen-bond donors (Lipinski definition) is 2. The normalized spacial score (nSPS) is 34.2. The third-order valence-corrected chi connectivity index (χ3v) is 4.30. The van der Waals surface area contributed by atoms with Gasteiger partial charge in [0.2, 0.25) is 0 Å². The summed E-state index contributed by atoms with van der Waals surface area (Å²) in [6.07, 6.45) is -5.87. The van der Waals surface area contributed by atoms with Gasteiger partial charge >= 0.3 is 12.2 Å². The maximum atomic E-state index is 12.5. The fourth-order valence-electron chi connectivity index (χ4n) is 3.79. The summed E-state index contributed by atoms with van der Waals surface area (Å²) in [4.78, 5) is 25.2. The van der Waals surface area contributed by atoms with Crippen molar-refractivity contribution < 1.29 is 27.9 Å². The number of aliphatic hydroxyl groups excluding tert-OH is 1. The van der Waals surface area contributed by atoms with Crippen molar-refractivity contribution >= 4 is 11.9 Å². The molecule has 0 aromatic rings. The standard InChI is InChI=1S/C14H21F3N2O3/c1-8-3-9(2)5-13(4-8)11(21)19(12(22)18-13)7-10(20)6-14(15,16)17/h8-10,20H,3-7H2,1-2H3,(H,18,22). The highest BCUT2D eigenvalue weighted by Crippen LogP contribution is 2.39. The number of urea groups is 1. The second-order valence-electron chi connectivity index (χ2n) is 6.76. The highest BCUT2D eigenvalue weighted by molar-refractivity contribution is 6.07. The molecule has 0 aromatic carbocycles. The first-order valence-electron chi connectivity index (χ1n) is 7.41. The van der Waals surface area contributed by atoms with E-state index in [0.717, 1.165) is 11.3 Å². The predicted molar refractivity (Wildman–Crippen MR) is 71.8 cm³/mol. The average molecular weight is 322 g/mol. The van der Waals surface area contributed by atoms with Gasteiger partial charge in [-0.15, -0.1) is 0 Å². The minimum atomic E-state index is -4.54. The summed E-state index contributed by atoms with van der Waals surface area (Å²) in [5.74, 6) is -0.0294.